The van der Waals surface area contributed by atoms with E-state index in [1.54, 1.807) is 0 Å². The van der Waals surface area contributed by atoms with Gasteiger partial charge in [0.05, 0.1) is 11.1 Å². The molecule has 0 amide bonds. The average Bonchev–Trinajstić information content (AvgIpc) is 2.62. The topological polar surface area (TPSA) is 47.6 Å². The lowest BCUT2D eigenvalue weighted by atomic mass is 9.96. The van der Waals surface area contributed by atoms with Gasteiger partial charge in [-0.3, -0.25) is 0 Å². The van der Waals surface area contributed by atoms with Crippen LogP contribution in [0.3, 0.4) is 0 Å². The Hall–Kier alpha value is -2.58. The zero-order valence-corrected chi connectivity index (χ0v) is 14.5. The third-order valence-corrected chi connectivity index (χ3v) is 2.48. The number of allylic oxidation sites excluding steroid dienone is 6. The largest absolute Gasteiger partial charge is 0.192 e. The van der Waals surface area contributed by atoms with Crippen LogP contribution in [0.15, 0.2) is 59.7 Å². The molecule has 0 heterocycles. The third-order valence-electron chi connectivity index (χ3n) is 2.48. The Balaban J connectivity index is 0. The van der Waals surface area contributed by atoms with Crippen molar-refractivity contribution in [2.45, 2.75) is 41.5 Å². The van der Waals surface area contributed by atoms with E-state index in [9.17, 15) is 10.5 Å². The minimum Gasteiger partial charge on any atom is -0.192 e. The van der Waals surface area contributed by atoms with E-state index < -0.39 is 0 Å². The van der Waals surface area contributed by atoms with E-state index in [1.165, 1.54) is 0 Å². The lowest BCUT2D eigenvalue weighted by molar-refractivity contribution is 1.43. The van der Waals surface area contributed by atoms with Crippen LogP contribution >= 0.6 is 0 Å². The molecule has 1 aromatic rings. The van der Waals surface area contributed by atoms with E-state index in [0.717, 1.165) is 11.1 Å². The molecule has 0 aliphatic rings. The van der Waals surface area contributed by atoms with Gasteiger partial charge in [-0.1, -0.05) is 76.3 Å². The molecule has 0 fully saturated rings. The molecule has 0 bridgehead atoms. The van der Waals surface area contributed by atoms with Gasteiger partial charge < -0.3 is 0 Å². The summed E-state index contributed by atoms with van der Waals surface area (Å²) < 4.78 is 0. The van der Waals surface area contributed by atoms with Crippen LogP contribution in [0.1, 0.15) is 47.1 Å². The van der Waals surface area contributed by atoms with Crippen molar-refractivity contribution in [1.29, 1.82) is 10.5 Å². The van der Waals surface area contributed by atoms with Gasteiger partial charge in [0.15, 0.2) is 0 Å². The summed E-state index contributed by atoms with van der Waals surface area (Å²) >= 11 is 0. The first-order valence-electron chi connectivity index (χ1n) is 7.67. The summed E-state index contributed by atoms with van der Waals surface area (Å²) in [6, 6.07) is 13.5. The highest BCUT2D eigenvalue weighted by Crippen LogP contribution is 2.23. The Kier molecular flexibility index (Phi) is 14.6. The van der Waals surface area contributed by atoms with Crippen LogP contribution in [0.4, 0.5) is 0 Å². The predicted octanol–water partition coefficient (Wildman–Crippen LogP) is 6.06. The summed E-state index contributed by atoms with van der Waals surface area (Å²) in [6.45, 7) is 11.7. The van der Waals surface area contributed by atoms with Gasteiger partial charge in [-0.2, -0.15) is 10.5 Å². The fraction of sp³-hybridized carbons (Fsp3) is 0.300. The Morgan fingerprint density at radius 1 is 0.909 bits per heavy atom. The van der Waals surface area contributed by atoms with Crippen molar-refractivity contribution in [3.05, 3.63) is 65.3 Å². The van der Waals surface area contributed by atoms with E-state index in [4.69, 9.17) is 0 Å². The fourth-order valence-corrected chi connectivity index (χ4v) is 1.64. The summed E-state index contributed by atoms with van der Waals surface area (Å²) in [6.07, 6.45) is 5.52. The van der Waals surface area contributed by atoms with Crippen LogP contribution in [0.5, 0.6) is 0 Å². The number of hydrogen-bond acceptors (Lipinski definition) is 2. The molecule has 0 atom stereocenters. The van der Waals surface area contributed by atoms with Crippen LogP contribution in [-0.2, 0) is 0 Å². The molecule has 0 N–H and O–H groups in total. The van der Waals surface area contributed by atoms with Gasteiger partial charge in [0.1, 0.15) is 12.1 Å². The number of rotatable bonds is 3. The predicted molar refractivity (Wildman–Crippen MR) is 95.9 cm³/mol. The Morgan fingerprint density at radius 2 is 1.45 bits per heavy atom. The van der Waals surface area contributed by atoms with Gasteiger partial charge >= 0.3 is 0 Å². The summed E-state index contributed by atoms with van der Waals surface area (Å²) in [5.74, 6) is 0. The maximum Gasteiger partial charge on any atom is 0.101 e. The van der Waals surface area contributed by atoms with Gasteiger partial charge in [0, 0.05) is 0 Å². The zero-order valence-electron chi connectivity index (χ0n) is 14.5. The number of nitriles is 2. The smallest absolute Gasteiger partial charge is 0.101 e. The van der Waals surface area contributed by atoms with Gasteiger partial charge in [-0.25, -0.2) is 0 Å². The number of benzene rings is 1. The molecule has 0 spiro atoms. The maximum absolute atomic E-state index is 9.28. The van der Waals surface area contributed by atoms with Gasteiger partial charge in [-0.05, 0) is 25.0 Å². The first-order valence-corrected chi connectivity index (χ1v) is 7.67. The molecule has 0 unspecified atom stereocenters. The molecule has 22 heavy (non-hydrogen) atoms. The zero-order chi connectivity index (χ0) is 17.4. The summed E-state index contributed by atoms with van der Waals surface area (Å²) in [4.78, 5) is 0. The second-order valence-electron chi connectivity index (χ2n) is 3.58. The van der Waals surface area contributed by atoms with E-state index in [1.807, 2.05) is 90.1 Å². The molecule has 0 radical (unpaired) electrons. The molecule has 116 valence electrons. The standard InChI is InChI=1S/C16H14N2.2C2H6/c1-3-8-13(4-2)15(11-17)16(12-18)14-9-6-5-7-10-14;2*1-2/h3-10H,1-2H3;2*1-2H3/b8-3-,13-4+,16-15+;;. The van der Waals surface area contributed by atoms with Crippen molar-refractivity contribution < 1.29 is 0 Å². The maximum atomic E-state index is 9.28. The highest BCUT2D eigenvalue weighted by Gasteiger charge is 2.10. The lowest BCUT2D eigenvalue weighted by Crippen LogP contribution is -1.91. The molecule has 0 saturated heterocycles. The van der Waals surface area contributed by atoms with Gasteiger partial charge in [0.25, 0.3) is 0 Å². The van der Waals surface area contributed by atoms with Crippen molar-refractivity contribution >= 4 is 5.57 Å². The van der Waals surface area contributed by atoms with Crippen LogP contribution < -0.4 is 0 Å². The van der Waals surface area contributed by atoms with Gasteiger partial charge in [-0.15, -0.1) is 0 Å². The van der Waals surface area contributed by atoms with E-state index in [0.29, 0.717) is 11.1 Å². The minimum absolute atomic E-state index is 0.407. The van der Waals surface area contributed by atoms with Crippen molar-refractivity contribution in [2.75, 3.05) is 0 Å². The Morgan fingerprint density at radius 3 is 1.82 bits per heavy atom. The third kappa shape index (κ3) is 6.73. The van der Waals surface area contributed by atoms with Crippen LogP contribution in [-0.4, -0.2) is 0 Å². The normalized spacial score (nSPS) is 11.0. The molecule has 0 aromatic heterocycles. The van der Waals surface area contributed by atoms with Crippen molar-refractivity contribution in [1.82, 2.24) is 0 Å². The monoisotopic (exact) mass is 294 g/mol. The SMILES string of the molecule is CC.CC.C\C=C/C(=C\C)C(/C#N)=C(\C#N)c1ccccc1. The summed E-state index contributed by atoms with van der Waals surface area (Å²) in [5, 5.41) is 18.6. The Labute approximate surface area is 135 Å². The van der Waals surface area contributed by atoms with Crippen LogP contribution in [0, 0.1) is 22.7 Å². The van der Waals surface area contributed by atoms with E-state index in [-0.39, 0.29) is 0 Å². The van der Waals surface area contributed by atoms with Crippen molar-refractivity contribution in [2.24, 2.45) is 0 Å². The van der Waals surface area contributed by atoms with E-state index in [2.05, 4.69) is 12.1 Å². The van der Waals surface area contributed by atoms with Gasteiger partial charge in [0.2, 0.25) is 0 Å². The second-order valence-corrected chi connectivity index (χ2v) is 3.58. The number of hydrogen-bond donors (Lipinski definition) is 0. The molecular weight excluding hydrogens is 268 g/mol. The minimum atomic E-state index is 0.407. The molecule has 2 nitrogen and oxygen atoms in total. The van der Waals surface area contributed by atoms with Crippen LogP contribution in [0.25, 0.3) is 5.57 Å². The molecule has 0 aliphatic heterocycles. The molecule has 0 saturated carbocycles. The number of nitrogens with zero attached hydrogens (tertiary/aromatic N) is 2. The first-order chi connectivity index (χ1) is 10.8. The van der Waals surface area contributed by atoms with E-state index >= 15 is 0 Å². The fourth-order valence-electron chi connectivity index (χ4n) is 1.64. The molecule has 2 heteroatoms. The summed E-state index contributed by atoms with van der Waals surface area (Å²) in [5.41, 5.74) is 2.34. The first kappa shape index (κ1) is 21.7. The Bertz CT molecular complexity index is 576. The highest BCUT2D eigenvalue weighted by atomic mass is 14.3. The van der Waals surface area contributed by atoms with Crippen molar-refractivity contribution in [3.8, 4) is 12.1 Å². The molecule has 1 aromatic carbocycles. The lowest BCUT2D eigenvalue weighted by Gasteiger charge is -2.04. The summed E-state index contributed by atoms with van der Waals surface area (Å²) in [7, 11) is 0. The average molecular weight is 294 g/mol. The molecule has 1 rings (SSSR count). The molecular formula is C20H26N2. The quantitative estimate of drug-likeness (QED) is 0.502. The second kappa shape index (κ2) is 14.8. The molecule has 0 aliphatic carbocycles. The van der Waals surface area contributed by atoms with Crippen LogP contribution in [0.2, 0.25) is 0 Å². The van der Waals surface area contributed by atoms with Crippen molar-refractivity contribution in [3.63, 3.8) is 0 Å². The highest BCUT2D eigenvalue weighted by molar-refractivity contribution is 5.85.